The number of aromatic hydroxyl groups is 1. The van der Waals surface area contributed by atoms with Crippen LogP contribution in [-0.2, 0) is 6.54 Å². The molecule has 0 atom stereocenters. The van der Waals surface area contributed by atoms with Crippen LogP contribution in [0, 0.1) is 23.0 Å². The zero-order valence-corrected chi connectivity index (χ0v) is 10.2. The number of halogens is 2. The van der Waals surface area contributed by atoms with Crippen molar-refractivity contribution in [2.75, 3.05) is 6.54 Å². The van der Waals surface area contributed by atoms with Crippen molar-refractivity contribution in [1.29, 1.82) is 0 Å². The Morgan fingerprint density at radius 1 is 1.22 bits per heavy atom. The van der Waals surface area contributed by atoms with E-state index in [0.29, 0.717) is 17.5 Å². The Labute approximate surface area is 105 Å². The van der Waals surface area contributed by atoms with Gasteiger partial charge in [0.15, 0.2) is 17.4 Å². The summed E-state index contributed by atoms with van der Waals surface area (Å²) in [5, 5.41) is 12.3. The molecule has 2 N–H and O–H groups in total. The first-order valence-corrected chi connectivity index (χ1v) is 6.48. The Bertz CT molecular complexity index is 444. The molecule has 0 unspecified atom stereocenters. The van der Waals surface area contributed by atoms with Gasteiger partial charge in [0.05, 0.1) is 0 Å². The molecule has 18 heavy (non-hydrogen) atoms. The SMILES string of the molecule is Oc1c(F)cc(CNCC2(C3CC3)CC2)cc1F. The Morgan fingerprint density at radius 2 is 1.83 bits per heavy atom. The third-order valence-electron chi connectivity index (χ3n) is 4.22. The van der Waals surface area contributed by atoms with E-state index in [1.165, 1.54) is 37.8 Å². The highest BCUT2D eigenvalue weighted by molar-refractivity contribution is 5.30. The third-order valence-corrected chi connectivity index (χ3v) is 4.22. The molecule has 2 saturated carbocycles. The van der Waals surface area contributed by atoms with Gasteiger partial charge in [-0.05, 0) is 54.7 Å². The lowest BCUT2D eigenvalue weighted by atomic mass is 10.0. The van der Waals surface area contributed by atoms with Gasteiger partial charge in [-0.3, -0.25) is 0 Å². The van der Waals surface area contributed by atoms with Gasteiger partial charge < -0.3 is 10.4 Å². The van der Waals surface area contributed by atoms with Crippen LogP contribution in [0.2, 0.25) is 0 Å². The van der Waals surface area contributed by atoms with Crippen molar-refractivity contribution >= 4 is 0 Å². The van der Waals surface area contributed by atoms with Gasteiger partial charge >= 0.3 is 0 Å². The molecular formula is C14H17F2NO. The quantitative estimate of drug-likeness (QED) is 0.845. The molecule has 0 bridgehead atoms. The molecule has 0 aliphatic heterocycles. The molecule has 2 aliphatic carbocycles. The second-order valence-corrected chi connectivity index (χ2v) is 5.65. The first-order valence-electron chi connectivity index (χ1n) is 6.48. The molecule has 1 aromatic rings. The summed E-state index contributed by atoms with van der Waals surface area (Å²) >= 11 is 0. The Kier molecular flexibility index (Phi) is 2.77. The Hall–Kier alpha value is -1.16. The number of phenols is 1. The minimum atomic E-state index is -0.893. The van der Waals surface area contributed by atoms with Gasteiger partial charge in [0.25, 0.3) is 0 Å². The lowest BCUT2D eigenvalue weighted by Crippen LogP contribution is -2.25. The van der Waals surface area contributed by atoms with E-state index < -0.39 is 17.4 Å². The van der Waals surface area contributed by atoms with Crippen LogP contribution in [0.1, 0.15) is 31.2 Å². The number of rotatable bonds is 5. The first-order chi connectivity index (χ1) is 8.61. The van der Waals surface area contributed by atoms with Crippen molar-refractivity contribution in [2.45, 2.75) is 32.2 Å². The van der Waals surface area contributed by atoms with Crippen molar-refractivity contribution in [3.05, 3.63) is 29.3 Å². The van der Waals surface area contributed by atoms with E-state index in [-0.39, 0.29) is 0 Å². The summed E-state index contributed by atoms with van der Waals surface area (Å²) in [6.07, 6.45) is 5.24. The maximum absolute atomic E-state index is 13.1. The fourth-order valence-electron chi connectivity index (χ4n) is 2.76. The second-order valence-electron chi connectivity index (χ2n) is 5.65. The van der Waals surface area contributed by atoms with Crippen LogP contribution in [0.3, 0.4) is 0 Å². The van der Waals surface area contributed by atoms with E-state index in [9.17, 15) is 8.78 Å². The van der Waals surface area contributed by atoms with Crippen LogP contribution in [0.5, 0.6) is 5.75 Å². The molecule has 2 aliphatic rings. The molecule has 2 fully saturated rings. The van der Waals surface area contributed by atoms with E-state index in [0.717, 1.165) is 12.5 Å². The van der Waals surface area contributed by atoms with Gasteiger partial charge in [-0.15, -0.1) is 0 Å². The van der Waals surface area contributed by atoms with Crippen molar-refractivity contribution in [3.63, 3.8) is 0 Å². The lowest BCUT2D eigenvalue weighted by Gasteiger charge is -2.15. The fourth-order valence-corrected chi connectivity index (χ4v) is 2.76. The summed E-state index contributed by atoms with van der Waals surface area (Å²) in [5.74, 6) is -1.81. The van der Waals surface area contributed by atoms with E-state index in [1.54, 1.807) is 0 Å². The number of nitrogens with one attached hydrogen (secondary N) is 1. The van der Waals surface area contributed by atoms with Crippen LogP contribution in [0.4, 0.5) is 8.78 Å². The zero-order valence-electron chi connectivity index (χ0n) is 10.2. The molecule has 2 nitrogen and oxygen atoms in total. The third kappa shape index (κ3) is 2.21. The average Bonchev–Trinajstić information content (AvgIpc) is 3.16. The summed E-state index contributed by atoms with van der Waals surface area (Å²) in [5.41, 5.74) is 1.02. The summed E-state index contributed by atoms with van der Waals surface area (Å²) in [7, 11) is 0. The molecule has 3 rings (SSSR count). The maximum atomic E-state index is 13.1. The molecular weight excluding hydrogens is 236 g/mol. The highest BCUT2D eigenvalue weighted by Crippen LogP contribution is 2.60. The summed E-state index contributed by atoms with van der Waals surface area (Å²) in [4.78, 5) is 0. The van der Waals surface area contributed by atoms with Gasteiger partial charge in [-0.1, -0.05) is 0 Å². The lowest BCUT2D eigenvalue weighted by molar-refractivity contribution is 0.391. The van der Waals surface area contributed by atoms with Gasteiger partial charge in [-0.2, -0.15) is 0 Å². The smallest absolute Gasteiger partial charge is 0.187 e. The van der Waals surface area contributed by atoms with Gasteiger partial charge in [0.2, 0.25) is 0 Å². The van der Waals surface area contributed by atoms with Gasteiger partial charge in [0, 0.05) is 13.1 Å². The van der Waals surface area contributed by atoms with E-state index >= 15 is 0 Å². The van der Waals surface area contributed by atoms with Gasteiger partial charge in [0.1, 0.15) is 0 Å². The van der Waals surface area contributed by atoms with Crippen molar-refractivity contribution in [2.24, 2.45) is 11.3 Å². The summed E-state index contributed by atoms with van der Waals surface area (Å²) < 4.78 is 26.3. The summed E-state index contributed by atoms with van der Waals surface area (Å²) in [6, 6.07) is 2.37. The molecule has 0 saturated heterocycles. The largest absolute Gasteiger partial charge is 0.503 e. The van der Waals surface area contributed by atoms with Crippen molar-refractivity contribution in [3.8, 4) is 5.75 Å². The highest BCUT2D eigenvalue weighted by Gasteiger charge is 2.53. The van der Waals surface area contributed by atoms with E-state index in [4.69, 9.17) is 5.11 Å². The molecule has 0 spiro atoms. The molecule has 98 valence electrons. The predicted molar refractivity (Wildman–Crippen MR) is 64.1 cm³/mol. The topological polar surface area (TPSA) is 32.3 Å². The number of hydrogen-bond donors (Lipinski definition) is 2. The monoisotopic (exact) mass is 253 g/mol. The van der Waals surface area contributed by atoms with Crippen LogP contribution in [0.15, 0.2) is 12.1 Å². The molecule has 0 radical (unpaired) electrons. The highest BCUT2D eigenvalue weighted by atomic mass is 19.1. The van der Waals surface area contributed by atoms with Crippen LogP contribution >= 0.6 is 0 Å². The Balaban J connectivity index is 1.57. The molecule has 1 aromatic carbocycles. The summed E-state index contributed by atoms with van der Waals surface area (Å²) in [6.45, 7) is 1.38. The molecule has 0 amide bonds. The van der Waals surface area contributed by atoms with Crippen LogP contribution < -0.4 is 5.32 Å². The molecule has 0 heterocycles. The van der Waals surface area contributed by atoms with Gasteiger partial charge in [-0.25, -0.2) is 8.78 Å². The van der Waals surface area contributed by atoms with Crippen molar-refractivity contribution < 1.29 is 13.9 Å². The number of phenolic OH excluding ortho intramolecular Hbond substituents is 1. The van der Waals surface area contributed by atoms with Crippen LogP contribution in [0.25, 0.3) is 0 Å². The average molecular weight is 253 g/mol. The second kappa shape index (κ2) is 4.19. The van der Waals surface area contributed by atoms with E-state index in [2.05, 4.69) is 5.32 Å². The maximum Gasteiger partial charge on any atom is 0.187 e. The minimum absolute atomic E-state index is 0.447. The van der Waals surface area contributed by atoms with Crippen molar-refractivity contribution in [1.82, 2.24) is 5.32 Å². The normalized spacial score (nSPS) is 21.0. The fraction of sp³-hybridized carbons (Fsp3) is 0.571. The predicted octanol–water partition coefficient (Wildman–Crippen LogP) is 2.95. The van der Waals surface area contributed by atoms with E-state index in [1.807, 2.05) is 0 Å². The standard InChI is InChI=1S/C14H17F2NO/c15-11-5-9(6-12(16)13(11)18)7-17-8-14(3-4-14)10-1-2-10/h5-6,10,17-18H,1-4,7-8H2. The molecule has 4 heteroatoms. The molecule has 0 aromatic heterocycles. The number of hydrogen-bond acceptors (Lipinski definition) is 2. The zero-order chi connectivity index (χ0) is 12.8. The van der Waals surface area contributed by atoms with Crippen LogP contribution in [-0.4, -0.2) is 11.7 Å². The Morgan fingerprint density at radius 3 is 2.33 bits per heavy atom. The first kappa shape index (κ1) is 11.9. The minimum Gasteiger partial charge on any atom is -0.503 e. The number of benzene rings is 1.